The molecule has 28 heavy (non-hydrogen) atoms. The molecule has 0 aromatic carbocycles. The molecule has 0 bridgehead atoms. The summed E-state index contributed by atoms with van der Waals surface area (Å²) in [6, 6.07) is -0.884. The molecule has 2 heterocycles. The third-order valence-electron chi connectivity index (χ3n) is 5.17. The van der Waals surface area contributed by atoms with Gasteiger partial charge >= 0.3 is 0 Å². The van der Waals surface area contributed by atoms with Gasteiger partial charge in [-0.25, -0.2) is 8.42 Å². The zero-order valence-electron chi connectivity index (χ0n) is 17.2. The summed E-state index contributed by atoms with van der Waals surface area (Å²) >= 11 is 0. The van der Waals surface area contributed by atoms with Crippen molar-refractivity contribution in [2.24, 2.45) is 11.8 Å². The van der Waals surface area contributed by atoms with E-state index in [-0.39, 0.29) is 60.9 Å². The summed E-state index contributed by atoms with van der Waals surface area (Å²) in [6.45, 7) is 7.91. The lowest BCUT2D eigenvalue weighted by Crippen LogP contribution is -2.63. The third-order valence-corrected chi connectivity index (χ3v) is 7.42. The van der Waals surface area contributed by atoms with E-state index in [1.807, 2.05) is 27.7 Å². The number of hydrogen-bond acceptors (Lipinski definition) is 5. The molecule has 0 radical (unpaired) electrons. The zero-order chi connectivity index (χ0) is 21.1. The maximum absolute atomic E-state index is 12.7. The molecule has 3 atom stereocenters. The van der Waals surface area contributed by atoms with E-state index in [0.29, 0.717) is 19.3 Å². The van der Waals surface area contributed by atoms with Crippen LogP contribution in [0.15, 0.2) is 0 Å². The van der Waals surface area contributed by atoms with Crippen LogP contribution < -0.4 is 10.6 Å². The van der Waals surface area contributed by atoms with Crippen molar-refractivity contribution in [1.82, 2.24) is 15.5 Å². The fourth-order valence-corrected chi connectivity index (χ4v) is 5.95. The first-order valence-electron chi connectivity index (χ1n) is 10.1. The topological polar surface area (TPSA) is 113 Å². The summed E-state index contributed by atoms with van der Waals surface area (Å²) in [4.78, 5) is 38.1. The fraction of sp³-hybridized carbons (Fsp3) is 0.842. The van der Waals surface area contributed by atoms with Crippen LogP contribution in [0.25, 0.3) is 0 Å². The van der Waals surface area contributed by atoms with Gasteiger partial charge in [-0.1, -0.05) is 27.7 Å². The molecule has 0 aromatic heterocycles. The third kappa shape index (κ3) is 6.18. The van der Waals surface area contributed by atoms with Crippen LogP contribution in [-0.2, 0) is 24.2 Å². The Morgan fingerprint density at radius 1 is 1.18 bits per heavy atom. The van der Waals surface area contributed by atoms with Gasteiger partial charge in [0.05, 0.1) is 23.6 Å². The molecule has 160 valence electrons. The zero-order valence-corrected chi connectivity index (χ0v) is 18.0. The molecule has 0 spiro atoms. The molecule has 2 saturated heterocycles. The van der Waals surface area contributed by atoms with Gasteiger partial charge in [-0.2, -0.15) is 0 Å². The van der Waals surface area contributed by atoms with Crippen LogP contribution in [0.4, 0.5) is 0 Å². The average molecular weight is 416 g/mol. The van der Waals surface area contributed by atoms with E-state index in [2.05, 4.69) is 10.6 Å². The summed E-state index contributed by atoms with van der Waals surface area (Å²) in [7, 11) is -3.41. The molecule has 2 fully saturated rings. The van der Waals surface area contributed by atoms with Crippen LogP contribution in [0.5, 0.6) is 0 Å². The number of piperazine rings is 1. The molecule has 3 unspecified atom stereocenters. The molecule has 0 aromatic rings. The number of rotatable bonds is 6. The van der Waals surface area contributed by atoms with Crippen LogP contribution in [0.3, 0.4) is 0 Å². The van der Waals surface area contributed by atoms with Gasteiger partial charge in [0.15, 0.2) is 9.84 Å². The van der Waals surface area contributed by atoms with Gasteiger partial charge in [0.1, 0.15) is 0 Å². The van der Waals surface area contributed by atoms with Crippen LogP contribution in [-0.4, -0.2) is 67.2 Å². The minimum atomic E-state index is -3.41. The van der Waals surface area contributed by atoms with Crippen molar-refractivity contribution in [3.05, 3.63) is 0 Å². The van der Waals surface area contributed by atoms with Gasteiger partial charge in [-0.15, -0.1) is 0 Å². The molecule has 9 heteroatoms. The van der Waals surface area contributed by atoms with Gasteiger partial charge in [0.25, 0.3) is 0 Å². The maximum atomic E-state index is 12.7. The predicted molar refractivity (Wildman–Crippen MR) is 106 cm³/mol. The van der Waals surface area contributed by atoms with E-state index in [4.69, 9.17) is 0 Å². The Morgan fingerprint density at radius 2 is 1.82 bits per heavy atom. The smallest absolute Gasteiger partial charge is 0.239 e. The number of amides is 3. The number of carbonyl (C=O) groups excluding carboxylic acids is 3. The Balaban J connectivity index is 2.09. The minimum absolute atomic E-state index is 0.0311. The second-order valence-corrected chi connectivity index (χ2v) is 11.2. The van der Waals surface area contributed by atoms with Gasteiger partial charge < -0.3 is 15.5 Å². The average Bonchev–Trinajstić information content (AvgIpc) is 2.54. The van der Waals surface area contributed by atoms with Crippen molar-refractivity contribution in [3.8, 4) is 0 Å². The van der Waals surface area contributed by atoms with Crippen molar-refractivity contribution in [2.45, 2.75) is 70.7 Å². The van der Waals surface area contributed by atoms with Crippen molar-refractivity contribution >= 4 is 27.6 Å². The summed E-state index contributed by atoms with van der Waals surface area (Å²) in [5, 5.41) is 4.89. The van der Waals surface area contributed by atoms with Crippen LogP contribution in [0.1, 0.15) is 53.4 Å². The molecule has 0 saturated carbocycles. The van der Waals surface area contributed by atoms with Crippen molar-refractivity contribution in [2.75, 3.05) is 18.8 Å². The molecule has 2 aliphatic rings. The predicted octanol–water partition coefficient (Wildman–Crippen LogP) is 0.468. The monoisotopic (exact) mass is 415 g/mol. The molecule has 8 nitrogen and oxygen atoms in total. The van der Waals surface area contributed by atoms with Crippen LogP contribution in [0.2, 0.25) is 0 Å². The first-order valence-corrected chi connectivity index (χ1v) is 11.8. The summed E-state index contributed by atoms with van der Waals surface area (Å²) < 4.78 is 25.4. The number of sulfone groups is 1. The Kier molecular flexibility index (Phi) is 7.47. The molecule has 3 amide bonds. The molecule has 0 aliphatic carbocycles. The Bertz CT molecular complexity index is 704. The van der Waals surface area contributed by atoms with Crippen LogP contribution >= 0.6 is 0 Å². The van der Waals surface area contributed by atoms with E-state index < -0.39 is 21.1 Å². The quantitative estimate of drug-likeness (QED) is 0.655. The standard InChI is InChI=1S/C19H33N3O5S/c1-12(2)7-17(23)20-14-5-6-28(26,27)16(9-14)15-10-22(11-18(24)21-15)19(25)8-13(3)4/h12-16H,5-11H2,1-4H3,(H,20,23)(H,21,24). The van der Waals surface area contributed by atoms with Crippen LogP contribution in [0, 0.1) is 11.8 Å². The highest BCUT2D eigenvalue weighted by molar-refractivity contribution is 7.92. The van der Waals surface area contributed by atoms with E-state index in [9.17, 15) is 22.8 Å². The Hall–Kier alpha value is -1.64. The highest BCUT2D eigenvalue weighted by atomic mass is 32.2. The molecule has 2 rings (SSSR count). The summed E-state index contributed by atoms with van der Waals surface area (Å²) in [6.07, 6.45) is 1.35. The van der Waals surface area contributed by atoms with Gasteiger partial charge in [0, 0.05) is 25.4 Å². The maximum Gasteiger partial charge on any atom is 0.239 e. The first-order chi connectivity index (χ1) is 13.0. The van der Waals surface area contributed by atoms with Crippen molar-refractivity contribution in [1.29, 1.82) is 0 Å². The molecular weight excluding hydrogens is 382 g/mol. The second-order valence-electron chi connectivity index (χ2n) is 8.84. The lowest BCUT2D eigenvalue weighted by atomic mass is 9.99. The number of carbonyl (C=O) groups is 3. The Morgan fingerprint density at radius 3 is 2.43 bits per heavy atom. The number of hydrogen-bond donors (Lipinski definition) is 2. The van der Waals surface area contributed by atoms with Gasteiger partial charge in [-0.05, 0) is 24.7 Å². The van der Waals surface area contributed by atoms with E-state index in [1.54, 1.807) is 0 Å². The summed E-state index contributed by atoms with van der Waals surface area (Å²) in [5.41, 5.74) is 0. The largest absolute Gasteiger partial charge is 0.353 e. The molecular formula is C19H33N3O5S. The number of nitrogens with one attached hydrogen (secondary N) is 2. The SMILES string of the molecule is CC(C)CC(=O)NC1CCS(=O)(=O)C(C2CN(C(=O)CC(C)C)CC(=O)N2)C1. The second kappa shape index (κ2) is 9.24. The van der Waals surface area contributed by atoms with Crippen molar-refractivity contribution < 1.29 is 22.8 Å². The van der Waals surface area contributed by atoms with E-state index in [0.717, 1.165) is 0 Å². The number of nitrogens with zero attached hydrogens (tertiary/aromatic N) is 1. The highest BCUT2D eigenvalue weighted by Gasteiger charge is 2.43. The van der Waals surface area contributed by atoms with E-state index in [1.165, 1.54) is 4.90 Å². The normalized spacial score (nSPS) is 27.6. The minimum Gasteiger partial charge on any atom is -0.353 e. The van der Waals surface area contributed by atoms with Gasteiger partial charge in [0.2, 0.25) is 17.7 Å². The van der Waals surface area contributed by atoms with E-state index >= 15 is 0 Å². The fourth-order valence-electron chi connectivity index (χ4n) is 3.86. The van der Waals surface area contributed by atoms with Crippen molar-refractivity contribution in [3.63, 3.8) is 0 Å². The van der Waals surface area contributed by atoms with Gasteiger partial charge in [-0.3, -0.25) is 14.4 Å². The molecule has 2 N–H and O–H groups in total. The molecule has 2 aliphatic heterocycles. The lowest BCUT2D eigenvalue weighted by Gasteiger charge is -2.40. The highest BCUT2D eigenvalue weighted by Crippen LogP contribution is 2.25. The lowest BCUT2D eigenvalue weighted by molar-refractivity contribution is -0.140. The first kappa shape index (κ1) is 22.6. The Labute approximate surface area is 167 Å². The summed E-state index contributed by atoms with van der Waals surface area (Å²) in [5.74, 6) is -0.202.